The number of halogens is 1. The molecule has 0 fully saturated rings. The van der Waals surface area contributed by atoms with Crippen LogP contribution in [0, 0.1) is 0 Å². The molecular weight excluding hydrogens is 336 g/mol. The lowest BCUT2D eigenvalue weighted by molar-refractivity contribution is 0.867. The van der Waals surface area contributed by atoms with E-state index >= 15 is 0 Å². The Labute approximate surface area is 151 Å². The third-order valence-electron chi connectivity index (χ3n) is 3.74. The molecule has 0 saturated heterocycles. The summed E-state index contributed by atoms with van der Waals surface area (Å²) in [4.78, 5) is 12.4. The SMILES string of the molecule is CC(C)c1ccc(Nc2ncnc(Nc3cccnc3Cl)c2N)cc1. The molecule has 0 spiro atoms. The van der Waals surface area contributed by atoms with E-state index in [9.17, 15) is 0 Å². The maximum Gasteiger partial charge on any atom is 0.159 e. The summed E-state index contributed by atoms with van der Waals surface area (Å²) in [6.07, 6.45) is 3.05. The molecule has 3 rings (SSSR count). The van der Waals surface area contributed by atoms with Gasteiger partial charge < -0.3 is 16.4 Å². The minimum Gasteiger partial charge on any atom is -0.393 e. The summed E-state index contributed by atoms with van der Waals surface area (Å²) in [6.45, 7) is 4.32. The summed E-state index contributed by atoms with van der Waals surface area (Å²) in [5.74, 6) is 1.47. The lowest BCUT2D eigenvalue weighted by Crippen LogP contribution is -2.05. The van der Waals surface area contributed by atoms with Crippen molar-refractivity contribution >= 4 is 40.3 Å². The van der Waals surface area contributed by atoms with E-state index in [-0.39, 0.29) is 0 Å². The first-order chi connectivity index (χ1) is 12.0. The van der Waals surface area contributed by atoms with Gasteiger partial charge in [0.25, 0.3) is 0 Å². The average molecular weight is 355 g/mol. The number of nitrogens with one attached hydrogen (secondary N) is 2. The number of nitrogens with two attached hydrogens (primary N) is 1. The number of nitrogens with zero attached hydrogens (tertiary/aromatic N) is 3. The van der Waals surface area contributed by atoms with E-state index in [2.05, 4.69) is 51.6 Å². The van der Waals surface area contributed by atoms with Gasteiger partial charge in [-0.05, 0) is 35.7 Å². The Balaban J connectivity index is 1.82. The lowest BCUT2D eigenvalue weighted by atomic mass is 10.0. The van der Waals surface area contributed by atoms with Crippen LogP contribution in [-0.4, -0.2) is 15.0 Å². The Kier molecular flexibility index (Phi) is 5.00. The Hall–Kier alpha value is -2.86. The van der Waals surface area contributed by atoms with Crippen molar-refractivity contribution in [2.45, 2.75) is 19.8 Å². The fourth-order valence-electron chi connectivity index (χ4n) is 2.29. The van der Waals surface area contributed by atoms with E-state index in [1.165, 1.54) is 11.9 Å². The van der Waals surface area contributed by atoms with Gasteiger partial charge in [0.15, 0.2) is 16.8 Å². The quantitative estimate of drug-likeness (QED) is 0.574. The van der Waals surface area contributed by atoms with Crippen molar-refractivity contribution in [1.82, 2.24) is 15.0 Å². The zero-order chi connectivity index (χ0) is 17.8. The molecule has 0 aliphatic heterocycles. The molecule has 0 saturated carbocycles. The van der Waals surface area contributed by atoms with E-state index in [1.54, 1.807) is 18.3 Å². The molecule has 0 aliphatic rings. The number of anilines is 5. The van der Waals surface area contributed by atoms with Crippen LogP contribution in [-0.2, 0) is 0 Å². The number of aromatic nitrogens is 3. The topological polar surface area (TPSA) is 88.8 Å². The molecule has 128 valence electrons. The summed E-state index contributed by atoms with van der Waals surface area (Å²) in [6, 6.07) is 11.7. The first kappa shape index (κ1) is 17.0. The normalized spacial score (nSPS) is 10.7. The molecule has 6 nitrogen and oxygen atoms in total. The van der Waals surface area contributed by atoms with Gasteiger partial charge >= 0.3 is 0 Å². The molecule has 0 radical (unpaired) electrons. The smallest absolute Gasteiger partial charge is 0.159 e. The molecule has 1 aromatic carbocycles. The highest BCUT2D eigenvalue weighted by molar-refractivity contribution is 6.32. The van der Waals surface area contributed by atoms with Crippen molar-refractivity contribution < 1.29 is 0 Å². The number of pyridine rings is 1. The van der Waals surface area contributed by atoms with Crippen LogP contribution in [0.3, 0.4) is 0 Å². The first-order valence-corrected chi connectivity index (χ1v) is 8.27. The summed E-state index contributed by atoms with van der Waals surface area (Å²) in [5.41, 5.74) is 9.39. The molecular formula is C18H19ClN6. The maximum atomic E-state index is 6.19. The minimum absolute atomic E-state index is 0.347. The molecule has 7 heteroatoms. The largest absolute Gasteiger partial charge is 0.393 e. The molecule has 2 heterocycles. The molecule has 0 unspecified atom stereocenters. The number of rotatable bonds is 5. The zero-order valence-corrected chi connectivity index (χ0v) is 14.7. The van der Waals surface area contributed by atoms with E-state index in [0.717, 1.165) is 5.69 Å². The van der Waals surface area contributed by atoms with Crippen LogP contribution < -0.4 is 16.4 Å². The van der Waals surface area contributed by atoms with Crippen LogP contribution in [0.5, 0.6) is 0 Å². The standard InChI is InChI=1S/C18H19ClN6/c1-11(2)12-5-7-13(8-6-12)24-17-15(20)18(23-10-22-17)25-14-4-3-9-21-16(14)19/h3-11H,20H2,1-2H3,(H2,22,23,24,25). The molecule has 25 heavy (non-hydrogen) atoms. The van der Waals surface area contributed by atoms with Gasteiger partial charge in [-0.3, -0.25) is 0 Å². The highest BCUT2D eigenvalue weighted by Crippen LogP contribution is 2.30. The highest BCUT2D eigenvalue weighted by Gasteiger charge is 2.10. The van der Waals surface area contributed by atoms with Gasteiger partial charge in [0.2, 0.25) is 0 Å². The van der Waals surface area contributed by atoms with E-state index in [0.29, 0.717) is 34.1 Å². The predicted molar refractivity (Wildman–Crippen MR) is 103 cm³/mol. The monoisotopic (exact) mass is 354 g/mol. The second-order valence-corrected chi connectivity index (χ2v) is 6.21. The third-order valence-corrected chi connectivity index (χ3v) is 4.04. The van der Waals surface area contributed by atoms with Gasteiger partial charge in [0.05, 0.1) is 5.69 Å². The highest BCUT2D eigenvalue weighted by atomic mass is 35.5. The van der Waals surface area contributed by atoms with Crippen LogP contribution in [0.1, 0.15) is 25.3 Å². The van der Waals surface area contributed by atoms with E-state index < -0.39 is 0 Å². The summed E-state index contributed by atoms with van der Waals surface area (Å²) < 4.78 is 0. The Morgan fingerprint density at radius 3 is 2.28 bits per heavy atom. The molecule has 2 aromatic heterocycles. The van der Waals surface area contributed by atoms with Gasteiger partial charge in [-0.2, -0.15) is 0 Å². The predicted octanol–water partition coefficient (Wildman–Crippen LogP) is 4.72. The van der Waals surface area contributed by atoms with Crippen molar-refractivity contribution in [2.75, 3.05) is 16.4 Å². The Bertz CT molecular complexity index is 864. The van der Waals surface area contributed by atoms with Gasteiger partial charge in [0, 0.05) is 11.9 Å². The van der Waals surface area contributed by atoms with Gasteiger partial charge in [0.1, 0.15) is 12.0 Å². The molecule has 0 atom stereocenters. The van der Waals surface area contributed by atoms with Crippen molar-refractivity contribution in [3.63, 3.8) is 0 Å². The van der Waals surface area contributed by atoms with Crippen LogP contribution >= 0.6 is 11.6 Å². The van der Waals surface area contributed by atoms with Crippen LogP contribution in [0.2, 0.25) is 5.15 Å². The van der Waals surface area contributed by atoms with E-state index in [1.807, 2.05) is 12.1 Å². The Morgan fingerprint density at radius 2 is 1.64 bits per heavy atom. The fourth-order valence-corrected chi connectivity index (χ4v) is 2.46. The van der Waals surface area contributed by atoms with Crippen molar-refractivity contribution in [2.24, 2.45) is 0 Å². The lowest BCUT2D eigenvalue weighted by Gasteiger charge is -2.13. The molecule has 0 amide bonds. The number of hydrogen-bond acceptors (Lipinski definition) is 6. The van der Waals surface area contributed by atoms with Crippen molar-refractivity contribution in [3.05, 3.63) is 59.6 Å². The zero-order valence-electron chi connectivity index (χ0n) is 14.0. The van der Waals surface area contributed by atoms with Gasteiger partial charge in [-0.15, -0.1) is 0 Å². The number of hydrogen-bond donors (Lipinski definition) is 3. The first-order valence-electron chi connectivity index (χ1n) is 7.89. The molecule has 4 N–H and O–H groups in total. The van der Waals surface area contributed by atoms with Gasteiger partial charge in [-0.1, -0.05) is 37.6 Å². The second-order valence-electron chi connectivity index (χ2n) is 5.85. The van der Waals surface area contributed by atoms with Crippen molar-refractivity contribution in [3.8, 4) is 0 Å². The summed E-state index contributed by atoms with van der Waals surface area (Å²) in [5, 5.41) is 6.64. The van der Waals surface area contributed by atoms with Crippen molar-refractivity contribution in [1.29, 1.82) is 0 Å². The second kappa shape index (κ2) is 7.36. The average Bonchev–Trinajstić information content (AvgIpc) is 2.61. The minimum atomic E-state index is 0.347. The van der Waals surface area contributed by atoms with E-state index in [4.69, 9.17) is 17.3 Å². The molecule has 0 bridgehead atoms. The maximum absolute atomic E-state index is 6.19. The van der Waals surface area contributed by atoms with Crippen LogP contribution in [0.15, 0.2) is 48.9 Å². The molecule has 0 aliphatic carbocycles. The fraction of sp³-hybridized carbons (Fsp3) is 0.167. The van der Waals surface area contributed by atoms with Crippen LogP contribution in [0.4, 0.5) is 28.7 Å². The van der Waals surface area contributed by atoms with Gasteiger partial charge in [-0.25, -0.2) is 15.0 Å². The third kappa shape index (κ3) is 3.97. The molecule has 3 aromatic rings. The number of nitrogen functional groups attached to an aromatic ring is 1. The number of benzene rings is 1. The van der Waals surface area contributed by atoms with Crippen LogP contribution in [0.25, 0.3) is 0 Å². The Morgan fingerprint density at radius 1 is 0.960 bits per heavy atom. The summed E-state index contributed by atoms with van der Waals surface area (Å²) >= 11 is 6.06. The summed E-state index contributed by atoms with van der Waals surface area (Å²) in [7, 11) is 0.